The van der Waals surface area contributed by atoms with Crippen LogP contribution >= 0.6 is 0 Å². The summed E-state index contributed by atoms with van der Waals surface area (Å²) in [5.74, 6) is 0.380. The van der Waals surface area contributed by atoms with Crippen molar-refractivity contribution in [1.29, 1.82) is 0 Å². The molecular formula is C16H20N2O2. The minimum atomic E-state index is -0.450. The van der Waals surface area contributed by atoms with Crippen molar-refractivity contribution in [3.05, 3.63) is 29.8 Å². The topological polar surface area (TPSA) is 41.9 Å². The number of rotatable bonds is 0. The highest BCUT2D eigenvalue weighted by atomic mass is 16.6. The second-order valence-corrected chi connectivity index (χ2v) is 6.41. The number of nitrogens with zero attached hydrogens (tertiary/aromatic N) is 2. The SMILES string of the molecule is CC(C)(C)OC(=O)N1CCC2C(=Nc3ccccc32)C1. The number of likely N-dealkylation sites (tertiary alicyclic amines) is 1. The summed E-state index contributed by atoms with van der Waals surface area (Å²) in [5, 5.41) is 0. The van der Waals surface area contributed by atoms with E-state index in [1.54, 1.807) is 4.90 Å². The van der Waals surface area contributed by atoms with Gasteiger partial charge in [0.15, 0.2) is 0 Å². The standard InChI is InChI=1S/C16H20N2O2/c1-16(2,3)20-15(19)18-9-8-12-11-6-4-5-7-13(11)17-14(12)10-18/h4-7,12H,8-10H2,1-3H3. The first-order chi connectivity index (χ1) is 9.44. The van der Waals surface area contributed by atoms with E-state index in [0.29, 0.717) is 12.5 Å². The molecule has 1 aromatic rings. The lowest BCUT2D eigenvalue weighted by Crippen LogP contribution is -2.44. The summed E-state index contributed by atoms with van der Waals surface area (Å²) in [4.78, 5) is 18.6. The largest absolute Gasteiger partial charge is 0.444 e. The van der Waals surface area contributed by atoms with Crippen molar-refractivity contribution in [1.82, 2.24) is 4.90 Å². The molecule has 0 spiro atoms. The Kier molecular flexibility index (Phi) is 3.04. The Balaban J connectivity index is 1.74. The van der Waals surface area contributed by atoms with Gasteiger partial charge in [0, 0.05) is 18.2 Å². The summed E-state index contributed by atoms with van der Waals surface area (Å²) in [6.45, 7) is 6.98. The molecule has 0 bridgehead atoms. The van der Waals surface area contributed by atoms with Crippen molar-refractivity contribution in [2.45, 2.75) is 38.7 Å². The van der Waals surface area contributed by atoms with Crippen molar-refractivity contribution >= 4 is 17.5 Å². The molecule has 4 heteroatoms. The van der Waals surface area contributed by atoms with Gasteiger partial charge in [0.2, 0.25) is 0 Å². The van der Waals surface area contributed by atoms with Crippen LogP contribution in [0.2, 0.25) is 0 Å². The molecule has 1 amide bonds. The summed E-state index contributed by atoms with van der Waals surface area (Å²) in [6, 6.07) is 8.24. The Morgan fingerprint density at radius 3 is 2.85 bits per heavy atom. The van der Waals surface area contributed by atoms with Gasteiger partial charge in [-0.1, -0.05) is 18.2 Å². The fourth-order valence-electron chi connectivity index (χ4n) is 2.81. The molecule has 2 aliphatic heterocycles. The van der Waals surface area contributed by atoms with Gasteiger partial charge in [-0.05, 0) is 38.8 Å². The Bertz CT molecular complexity index is 572. The number of carbonyl (C=O) groups is 1. The minimum Gasteiger partial charge on any atom is -0.444 e. The van der Waals surface area contributed by atoms with E-state index in [-0.39, 0.29) is 6.09 Å². The number of aliphatic imine (C=N–C) groups is 1. The molecule has 1 fully saturated rings. The first kappa shape index (κ1) is 13.2. The first-order valence-corrected chi connectivity index (χ1v) is 7.08. The van der Waals surface area contributed by atoms with E-state index in [0.717, 1.165) is 24.4 Å². The molecule has 2 aliphatic rings. The quantitative estimate of drug-likeness (QED) is 0.725. The van der Waals surface area contributed by atoms with Gasteiger partial charge in [0.25, 0.3) is 0 Å². The van der Waals surface area contributed by atoms with Gasteiger partial charge in [-0.15, -0.1) is 0 Å². The summed E-state index contributed by atoms with van der Waals surface area (Å²) in [7, 11) is 0. The second-order valence-electron chi connectivity index (χ2n) is 6.41. The maximum Gasteiger partial charge on any atom is 0.410 e. The minimum absolute atomic E-state index is 0.241. The van der Waals surface area contributed by atoms with Crippen LogP contribution in [0.15, 0.2) is 29.3 Å². The first-order valence-electron chi connectivity index (χ1n) is 7.08. The van der Waals surface area contributed by atoms with Crippen molar-refractivity contribution in [2.24, 2.45) is 4.99 Å². The Morgan fingerprint density at radius 2 is 2.10 bits per heavy atom. The molecule has 0 aliphatic carbocycles. The van der Waals surface area contributed by atoms with Crippen molar-refractivity contribution in [3.8, 4) is 0 Å². The van der Waals surface area contributed by atoms with E-state index in [9.17, 15) is 4.79 Å². The maximum atomic E-state index is 12.1. The number of piperidine rings is 1. The molecule has 4 nitrogen and oxygen atoms in total. The zero-order chi connectivity index (χ0) is 14.3. The van der Waals surface area contributed by atoms with Crippen LogP contribution in [0.4, 0.5) is 10.5 Å². The normalized spacial score (nSPS) is 21.1. The van der Waals surface area contributed by atoms with Crippen LogP contribution in [0.3, 0.4) is 0 Å². The Morgan fingerprint density at radius 1 is 1.35 bits per heavy atom. The van der Waals surface area contributed by atoms with E-state index < -0.39 is 5.60 Å². The van der Waals surface area contributed by atoms with Crippen LogP contribution in [0.5, 0.6) is 0 Å². The smallest absolute Gasteiger partial charge is 0.410 e. The molecule has 0 N–H and O–H groups in total. The predicted molar refractivity (Wildman–Crippen MR) is 78.7 cm³/mol. The number of para-hydroxylation sites is 1. The molecule has 0 saturated carbocycles. The fraction of sp³-hybridized carbons (Fsp3) is 0.500. The van der Waals surface area contributed by atoms with E-state index in [4.69, 9.17) is 4.74 Å². The number of fused-ring (bicyclic) bond motifs is 3. The number of hydrogen-bond acceptors (Lipinski definition) is 3. The maximum absolute atomic E-state index is 12.1. The van der Waals surface area contributed by atoms with Gasteiger partial charge in [0.05, 0.1) is 12.2 Å². The van der Waals surface area contributed by atoms with Crippen molar-refractivity contribution in [3.63, 3.8) is 0 Å². The molecule has 1 aromatic carbocycles. The van der Waals surface area contributed by atoms with Gasteiger partial charge in [0.1, 0.15) is 5.60 Å². The van der Waals surface area contributed by atoms with E-state index in [1.807, 2.05) is 32.9 Å². The number of carbonyl (C=O) groups excluding carboxylic acids is 1. The highest BCUT2D eigenvalue weighted by Gasteiger charge is 2.35. The summed E-state index contributed by atoms with van der Waals surface area (Å²) in [5.41, 5.74) is 2.99. The molecule has 0 radical (unpaired) electrons. The lowest BCUT2D eigenvalue weighted by atomic mass is 9.89. The monoisotopic (exact) mass is 272 g/mol. The van der Waals surface area contributed by atoms with Crippen LogP contribution in [-0.2, 0) is 4.74 Å². The van der Waals surface area contributed by atoms with E-state index >= 15 is 0 Å². The third-order valence-electron chi connectivity index (χ3n) is 3.67. The highest BCUT2D eigenvalue weighted by molar-refractivity contribution is 6.01. The van der Waals surface area contributed by atoms with Gasteiger partial charge in [-0.25, -0.2) is 4.79 Å². The lowest BCUT2D eigenvalue weighted by molar-refractivity contribution is 0.0263. The molecule has 1 unspecified atom stereocenters. The Hall–Kier alpha value is -1.84. The number of benzene rings is 1. The molecule has 0 aromatic heterocycles. The zero-order valence-electron chi connectivity index (χ0n) is 12.2. The molecule has 106 valence electrons. The number of hydrogen-bond donors (Lipinski definition) is 0. The Labute approximate surface area is 119 Å². The van der Waals surface area contributed by atoms with Gasteiger partial charge in [-0.3, -0.25) is 4.99 Å². The summed E-state index contributed by atoms with van der Waals surface area (Å²) in [6.07, 6.45) is 0.685. The van der Waals surface area contributed by atoms with Crippen LogP contribution in [-0.4, -0.2) is 35.4 Å². The van der Waals surface area contributed by atoms with Crippen molar-refractivity contribution in [2.75, 3.05) is 13.1 Å². The van der Waals surface area contributed by atoms with Crippen LogP contribution in [0, 0.1) is 0 Å². The van der Waals surface area contributed by atoms with Gasteiger partial charge >= 0.3 is 6.09 Å². The highest BCUT2D eigenvalue weighted by Crippen LogP contribution is 2.39. The molecule has 20 heavy (non-hydrogen) atoms. The van der Waals surface area contributed by atoms with Crippen LogP contribution < -0.4 is 0 Å². The number of ether oxygens (including phenoxy) is 1. The second kappa shape index (κ2) is 4.62. The molecule has 1 saturated heterocycles. The average Bonchev–Trinajstić information content (AvgIpc) is 2.74. The average molecular weight is 272 g/mol. The molecule has 1 atom stereocenters. The fourth-order valence-corrected chi connectivity index (χ4v) is 2.81. The zero-order valence-corrected chi connectivity index (χ0v) is 12.2. The van der Waals surface area contributed by atoms with Crippen molar-refractivity contribution < 1.29 is 9.53 Å². The van der Waals surface area contributed by atoms with Crippen LogP contribution in [0.25, 0.3) is 0 Å². The lowest BCUT2D eigenvalue weighted by Gasteiger charge is -2.32. The van der Waals surface area contributed by atoms with E-state index in [1.165, 1.54) is 5.56 Å². The molecular weight excluding hydrogens is 252 g/mol. The molecule has 2 heterocycles. The van der Waals surface area contributed by atoms with Gasteiger partial charge in [-0.2, -0.15) is 0 Å². The van der Waals surface area contributed by atoms with Gasteiger partial charge < -0.3 is 9.64 Å². The third-order valence-corrected chi connectivity index (χ3v) is 3.67. The van der Waals surface area contributed by atoms with Crippen LogP contribution in [0.1, 0.15) is 38.7 Å². The molecule has 3 rings (SSSR count). The number of amides is 1. The summed E-state index contributed by atoms with van der Waals surface area (Å²) >= 11 is 0. The third kappa shape index (κ3) is 2.42. The predicted octanol–water partition coefficient (Wildman–Crippen LogP) is 3.50. The summed E-state index contributed by atoms with van der Waals surface area (Å²) < 4.78 is 5.43. The van der Waals surface area contributed by atoms with E-state index in [2.05, 4.69) is 17.1 Å².